The van der Waals surface area contributed by atoms with E-state index >= 15 is 0 Å². The second kappa shape index (κ2) is 6.17. The molecular formula is C15H21NO4S. The van der Waals surface area contributed by atoms with Crippen LogP contribution in [0.3, 0.4) is 0 Å². The van der Waals surface area contributed by atoms with E-state index in [4.69, 9.17) is 4.42 Å². The molecule has 0 saturated heterocycles. The maximum Gasteiger partial charge on any atom is 0.211 e. The van der Waals surface area contributed by atoms with Crippen molar-refractivity contribution >= 4 is 21.0 Å². The third-order valence-electron chi connectivity index (χ3n) is 3.36. The van der Waals surface area contributed by atoms with E-state index in [1.165, 1.54) is 6.92 Å². The zero-order valence-electron chi connectivity index (χ0n) is 12.3. The van der Waals surface area contributed by atoms with Crippen LogP contribution < -0.4 is 4.72 Å². The maximum absolute atomic E-state index is 11.8. The van der Waals surface area contributed by atoms with Gasteiger partial charge in [0.1, 0.15) is 16.9 Å². The molecule has 0 aliphatic heterocycles. The highest BCUT2D eigenvalue weighted by Crippen LogP contribution is 2.27. The Kier molecular flexibility index (Phi) is 4.70. The second-order valence-corrected chi connectivity index (χ2v) is 7.34. The van der Waals surface area contributed by atoms with Crippen molar-refractivity contribution in [3.8, 4) is 0 Å². The van der Waals surface area contributed by atoms with Crippen LogP contribution in [0.2, 0.25) is 0 Å². The third-order valence-corrected chi connectivity index (χ3v) is 4.77. The highest BCUT2D eigenvalue weighted by atomic mass is 32.2. The van der Waals surface area contributed by atoms with Crippen LogP contribution in [0.15, 0.2) is 34.7 Å². The van der Waals surface area contributed by atoms with Crippen molar-refractivity contribution in [1.82, 2.24) is 4.72 Å². The van der Waals surface area contributed by atoms with E-state index in [0.29, 0.717) is 17.8 Å². The number of sulfonamides is 1. The van der Waals surface area contributed by atoms with Crippen LogP contribution >= 0.6 is 0 Å². The molecule has 0 spiro atoms. The van der Waals surface area contributed by atoms with Crippen molar-refractivity contribution in [3.05, 3.63) is 36.1 Å². The Hall–Kier alpha value is -1.37. The van der Waals surface area contributed by atoms with Crippen LogP contribution in [0.5, 0.6) is 0 Å². The van der Waals surface area contributed by atoms with Gasteiger partial charge in [0.25, 0.3) is 0 Å². The highest BCUT2D eigenvalue weighted by molar-refractivity contribution is 7.89. The standard InChI is InChI=1S/C15H21NO4S/c1-3-4-9-21(18,19)16-11-15(2,17)14-10-12-7-5-6-8-13(12)20-14/h5-8,10,16-17H,3-4,9,11H2,1-2H3. The van der Waals surface area contributed by atoms with Gasteiger partial charge in [-0.05, 0) is 25.5 Å². The molecule has 0 aliphatic rings. The number of hydrogen-bond donors (Lipinski definition) is 2. The number of rotatable bonds is 7. The van der Waals surface area contributed by atoms with Gasteiger partial charge in [0, 0.05) is 11.9 Å². The Morgan fingerprint density at radius 3 is 2.71 bits per heavy atom. The molecule has 5 nitrogen and oxygen atoms in total. The molecule has 0 saturated carbocycles. The van der Waals surface area contributed by atoms with E-state index in [0.717, 1.165) is 11.8 Å². The predicted molar refractivity (Wildman–Crippen MR) is 82.5 cm³/mol. The van der Waals surface area contributed by atoms with Crippen molar-refractivity contribution in [3.63, 3.8) is 0 Å². The van der Waals surface area contributed by atoms with Crippen LogP contribution in [0.4, 0.5) is 0 Å². The molecule has 1 aromatic heterocycles. The molecule has 1 heterocycles. The Labute approximate surface area is 125 Å². The number of hydrogen-bond acceptors (Lipinski definition) is 4. The van der Waals surface area contributed by atoms with Gasteiger partial charge in [0.15, 0.2) is 0 Å². The zero-order chi connectivity index (χ0) is 15.5. The van der Waals surface area contributed by atoms with Crippen LogP contribution in [0, 0.1) is 0 Å². The molecule has 1 aromatic carbocycles. The van der Waals surface area contributed by atoms with Crippen LogP contribution in [0.1, 0.15) is 32.4 Å². The first-order valence-corrected chi connectivity index (χ1v) is 8.68. The first-order chi connectivity index (χ1) is 9.84. The van der Waals surface area contributed by atoms with Gasteiger partial charge >= 0.3 is 0 Å². The molecule has 116 valence electrons. The molecule has 0 fully saturated rings. The van der Waals surface area contributed by atoms with Crippen molar-refractivity contribution in [1.29, 1.82) is 0 Å². The predicted octanol–water partition coefficient (Wildman–Crippen LogP) is 2.36. The van der Waals surface area contributed by atoms with E-state index in [1.807, 2.05) is 25.1 Å². The summed E-state index contributed by atoms with van der Waals surface area (Å²) in [5.41, 5.74) is -0.722. The molecule has 6 heteroatoms. The van der Waals surface area contributed by atoms with Gasteiger partial charge < -0.3 is 9.52 Å². The summed E-state index contributed by atoms with van der Waals surface area (Å²) in [4.78, 5) is 0. The van der Waals surface area contributed by atoms with Gasteiger partial charge in [-0.25, -0.2) is 13.1 Å². The lowest BCUT2D eigenvalue weighted by Gasteiger charge is -2.21. The Balaban J connectivity index is 2.11. The van der Waals surface area contributed by atoms with Gasteiger partial charge in [-0.3, -0.25) is 0 Å². The highest BCUT2D eigenvalue weighted by Gasteiger charge is 2.29. The van der Waals surface area contributed by atoms with Crippen LogP contribution in [0.25, 0.3) is 11.0 Å². The molecule has 1 unspecified atom stereocenters. The quantitative estimate of drug-likeness (QED) is 0.822. The lowest BCUT2D eigenvalue weighted by Crippen LogP contribution is -2.39. The summed E-state index contributed by atoms with van der Waals surface area (Å²) in [5, 5.41) is 11.3. The van der Waals surface area contributed by atoms with Gasteiger partial charge in [0.05, 0.1) is 5.75 Å². The number of benzene rings is 1. The molecule has 2 rings (SSSR count). The van der Waals surface area contributed by atoms with Crippen LogP contribution in [-0.2, 0) is 15.6 Å². The lowest BCUT2D eigenvalue weighted by atomic mass is 10.0. The van der Waals surface area contributed by atoms with E-state index in [2.05, 4.69) is 4.72 Å². The summed E-state index contributed by atoms with van der Waals surface area (Å²) in [7, 11) is -3.37. The van der Waals surface area contributed by atoms with Gasteiger partial charge in [-0.15, -0.1) is 0 Å². The summed E-state index contributed by atoms with van der Waals surface area (Å²) in [5.74, 6) is 0.418. The number of nitrogens with one attached hydrogen (secondary N) is 1. The molecule has 1 atom stereocenters. The third kappa shape index (κ3) is 4.06. The summed E-state index contributed by atoms with van der Waals surface area (Å²) in [6, 6.07) is 9.14. The van der Waals surface area contributed by atoms with E-state index < -0.39 is 15.6 Å². The molecule has 2 aromatic rings. The van der Waals surface area contributed by atoms with E-state index in [1.54, 1.807) is 12.1 Å². The minimum absolute atomic E-state index is 0.0692. The molecule has 2 N–H and O–H groups in total. The largest absolute Gasteiger partial charge is 0.458 e. The van der Waals surface area contributed by atoms with Gasteiger partial charge in [-0.2, -0.15) is 0 Å². The Morgan fingerprint density at radius 2 is 2.05 bits per heavy atom. The fourth-order valence-electron chi connectivity index (χ4n) is 1.99. The molecule has 21 heavy (non-hydrogen) atoms. The fraction of sp³-hybridized carbons (Fsp3) is 0.467. The topological polar surface area (TPSA) is 79.5 Å². The van der Waals surface area contributed by atoms with Crippen molar-refractivity contribution in [2.75, 3.05) is 12.3 Å². The summed E-state index contributed by atoms with van der Waals surface area (Å²) in [6.07, 6.45) is 1.41. The minimum atomic E-state index is -3.37. The lowest BCUT2D eigenvalue weighted by molar-refractivity contribution is 0.0412. The average Bonchev–Trinajstić information content (AvgIpc) is 2.88. The molecule has 0 amide bonds. The first kappa shape index (κ1) is 16.0. The van der Waals surface area contributed by atoms with Crippen molar-refractivity contribution < 1.29 is 17.9 Å². The Morgan fingerprint density at radius 1 is 1.33 bits per heavy atom. The van der Waals surface area contributed by atoms with Crippen molar-refractivity contribution in [2.45, 2.75) is 32.3 Å². The van der Waals surface area contributed by atoms with Crippen molar-refractivity contribution in [2.24, 2.45) is 0 Å². The number of furan rings is 1. The number of unbranched alkanes of at least 4 members (excludes halogenated alkanes) is 1. The first-order valence-electron chi connectivity index (χ1n) is 7.03. The zero-order valence-corrected chi connectivity index (χ0v) is 13.1. The Bertz CT molecular complexity index is 670. The number of para-hydroxylation sites is 1. The fourth-order valence-corrected chi connectivity index (χ4v) is 3.31. The van der Waals surface area contributed by atoms with Gasteiger partial charge in [0.2, 0.25) is 10.0 Å². The molecular weight excluding hydrogens is 290 g/mol. The van der Waals surface area contributed by atoms with E-state index in [-0.39, 0.29) is 12.3 Å². The second-order valence-electron chi connectivity index (χ2n) is 5.42. The minimum Gasteiger partial charge on any atom is -0.458 e. The summed E-state index contributed by atoms with van der Waals surface area (Å²) in [6.45, 7) is 3.35. The van der Waals surface area contributed by atoms with Crippen LogP contribution in [-0.4, -0.2) is 25.8 Å². The SMILES string of the molecule is CCCCS(=O)(=O)NCC(C)(O)c1cc2ccccc2o1. The average molecular weight is 311 g/mol. The smallest absolute Gasteiger partial charge is 0.211 e. The summed E-state index contributed by atoms with van der Waals surface area (Å²) >= 11 is 0. The normalized spacial score (nSPS) is 15.2. The molecule has 0 radical (unpaired) electrons. The van der Waals surface area contributed by atoms with E-state index in [9.17, 15) is 13.5 Å². The maximum atomic E-state index is 11.8. The number of aliphatic hydroxyl groups is 1. The molecule has 0 aliphatic carbocycles. The molecule has 0 bridgehead atoms. The van der Waals surface area contributed by atoms with Gasteiger partial charge in [-0.1, -0.05) is 31.5 Å². The number of fused-ring (bicyclic) bond motifs is 1. The summed E-state index contributed by atoms with van der Waals surface area (Å²) < 4.78 is 31.6. The monoisotopic (exact) mass is 311 g/mol.